The Kier molecular flexibility index (Phi) is 3.48. The van der Waals surface area contributed by atoms with Crippen molar-refractivity contribution >= 4 is 17.5 Å². The van der Waals surface area contributed by atoms with Crippen LogP contribution in [-0.2, 0) is 9.59 Å². The van der Waals surface area contributed by atoms with Gasteiger partial charge in [-0.2, -0.15) is 0 Å². The van der Waals surface area contributed by atoms with Crippen molar-refractivity contribution in [2.45, 2.75) is 25.7 Å². The maximum absolute atomic E-state index is 12.7. The van der Waals surface area contributed by atoms with Crippen LogP contribution < -0.4 is 14.4 Å². The van der Waals surface area contributed by atoms with E-state index in [9.17, 15) is 9.59 Å². The van der Waals surface area contributed by atoms with Gasteiger partial charge in [-0.25, -0.2) is 0 Å². The van der Waals surface area contributed by atoms with E-state index in [1.54, 1.807) is 0 Å². The standard InChI is InChI=1S/C20H22N2O4/c23-18-10-20(7-8-21(11-20)19(24)14-3-1-2-4-14)12-22(18)15-5-6-16-17(9-15)26-13-25-16/h1-2,5-6,9,14H,3-4,7-8,10-13H2. The molecule has 5 rings (SSSR count). The minimum Gasteiger partial charge on any atom is -0.454 e. The number of amides is 2. The van der Waals surface area contributed by atoms with Gasteiger partial charge < -0.3 is 19.3 Å². The van der Waals surface area contributed by atoms with Crippen LogP contribution in [0, 0.1) is 11.3 Å². The molecule has 1 spiro atoms. The van der Waals surface area contributed by atoms with Gasteiger partial charge in [-0.1, -0.05) is 12.2 Å². The number of ether oxygens (including phenoxy) is 2. The van der Waals surface area contributed by atoms with Crippen LogP contribution in [0.3, 0.4) is 0 Å². The molecular weight excluding hydrogens is 332 g/mol. The molecule has 6 heteroatoms. The van der Waals surface area contributed by atoms with Crippen molar-refractivity contribution in [1.29, 1.82) is 0 Å². The van der Waals surface area contributed by atoms with Gasteiger partial charge in [0.25, 0.3) is 0 Å². The first-order valence-electron chi connectivity index (χ1n) is 9.27. The Morgan fingerprint density at radius 1 is 1.12 bits per heavy atom. The fourth-order valence-electron chi connectivity index (χ4n) is 4.66. The number of allylic oxidation sites excluding steroid dienone is 2. The van der Waals surface area contributed by atoms with E-state index in [2.05, 4.69) is 12.2 Å². The van der Waals surface area contributed by atoms with Crippen LogP contribution in [0.5, 0.6) is 11.5 Å². The topological polar surface area (TPSA) is 59.1 Å². The summed E-state index contributed by atoms with van der Waals surface area (Å²) in [7, 11) is 0. The maximum atomic E-state index is 12.7. The molecule has 0 aromatic heterocycles. The van der Waals surface area contributed by atoms with Crippen molar-refractivity contribution in [3.8, 4) is 11.5 Å². The molecule has 3 aliphatic heterocycles. The zero-order chi connectivity index (χ0) is 17.7. The number of rotatable bonds is 2. The van der Waals surface area contributed by atoms with E-state index in [1.807, 2.05) is 28.0 Å². The van der Waals surface area contributed by atoms with Gasteiger partial charge in [0.15, 0.2) is 11.5 Å². The summed E-state index contributed by atoms with van der Waals surface area (Å²) in [6.45, 7) is 2.34. The molecule has 1 aromatic rings. The highest BCUT2D eigenvalue weighted by atomic mass is 16.7. The van der Waals surface area contributed by atoms with Crippen LogP contribution in [0.25, 0.3) is 0 Å². The summed E-state index contributed by atoms with van der Waals surface area (Å²) in [6.07, 6.45) is 7.29. The molecule has 136 valence electrons. The Morgan fingerprint density at radius 3 is 2.77 bits per heavy atom. The highest BCUT2D eigenvalue weighted by Crippen LogP contribution is 2.44. The molecule has 2 amide bonds. The van der Waals surface area contributed by atoms with E-state index in [0.717, 1.165) is 37.2 Å². The molecule has 1 aromatic carbocycles. The second-order valence-corrected chi connectivity index (χ2v) is 7.84. The molecule has 26 heavy (non-hydrogen) atoms. The van der Waals surface area contributed by atoms with E-state index in [4.69, 9.17) is 9.47 Å². The van der Waals surface area contributed by atoms with Gasteiger partial charge in [-0.05, 0) is 31.4 Å². The number of carbonyl (C=O) groups excluding carboxylic acids is 2. The predicted octanol–water partition coefficient (Wildman–Crippen LogP) is 2.34. The number of anilines is 1. The molecule has 0 N–H and O–H groups in total. The van der Waals surface area contributed by atoms with Gasteiger partial charge in [0.1, 0.15) is 0 Å². The third-order valence-electron chi connectivity index (χ3n) is 6.10. The Bertz CT molecular complexity index is 797. The molecule has 0 saturated carbocycles. The Morgan fingerprint density at radius 2 is 1.92 bits per heavy atom. The minimum absolute atomic E-state index is 0.104. The fraction of sp³-hybridized carbons (Fsp3) is 0.500. The maximum Gasteiger partial charge on any atom is 0.231 e. The van der Waals surface area contributed by atoms with Crippen LogP contribution in [0.1, 0.15) is 25.7 Å². The summed E-state index contributed by atoms with van der Waals surface area (Å²) >= 11 is 0. The molecule has 2 fully saturated rings. The van der Waals surface area contributed by atoms with Crippen LogP contribution in [0.4, 0.5) is 5.69 Å². The fourth-order valence-corrected chi connectivity index (χ4v) is 4.66. The Hall–Kier alpha value is -2.50. The second kappa shape index (κ2) is 5.76. The normalized spacial score (nSPS) is 27.3. The molecule has 0 bridgehead atoms. The van der Waals surface area contributed by atoms with E-state index in [-0.39, 0.29) is 29.9 Å². The lowest BCUT2D eigenvalue weighted by atomic mass is 9.86. The first-order chi connectivity index (χ1) is 12.6. The quantitative estimate of drug-likeness (QED) is 0.765. The van der Waals surface area contributed by atoms with Gasteiger partial charge in [-0.15, -0.1) is 0 Å². The number of carbonyl (C=O) groups is 2. The van der Waals surface area contributed by atoms with Gasteiger partial charge in [0.2, 0.25) is 18.6 Å². The van der Waals surface area contributed by atoms with Crippen LogP contribution in [0.2, 0.25) is 0 Å². The van der Waals surface area contributed by atoms with Crippen LogP contribution in [-0.4, -0.2) is 43.1 Å². The largest absolute Gasteiger partial charge is 0.454 e. The summed E-state index contributed by atoms with van der Waals surface area (Å²) in [6, 6.07) is 5.64. The molecule has 4 aliphatic rings. The Labute approximate surface area is 152 Å². The van der Waals surface area contributed by atoms with Crippen LogP contribution in [0.15, 0.2) is 30.4 Å². The number of likely N-dealkylation sites (tertiary alicyclic amines) is 1. The summed E-state index contributed by atoms with van der Waals surface area (Å²) in [5, 5.41) is 0. The molecule has 2 saturated heterocycles. The molecule has 1 atom stereocenters. The van der Waals surface area contributed by atoms with Crippen molar-refractivity contribution in [3.63, 3.8) is 0 Å². The zero-order valence-electron chi connectivity index (χ0n) is 14.6. The van der Waals surface area contributed by atoms with Gasteiger partial charge in [-0.3, -0.25) is 9.59 Å². The van der Waals surface area contributed by atoms with Crippen molar-refractivity contribution < 1.29 is 19.1 Å². The van der Waals surface area contributed by atoms with E-state index < -0.39 is 0 Å². The SMILES string of the molecule is O=C(C1CC=CC1)N1CCC2(CC(=O)N(c3ccc4c(c3)OCO4)C2)C1. The summed E-state index contributed by atoms with van der Waals surface area (Å²) in [5.41, 5.74) is 0.732. The number of fused-ring (bicyclic) bond motifs is 1. The number of benzene rings is 1. The van der Waals surface area contributed by atoms with Crippen molar-refractivity contribution in [1.82, 2.24) is 4.90 Å². The molecular formula is C20H22N2O4. The summed E-state index contributed by atoms with van der Waals surface area (Å²) in [4.78, 5) is 29.2. The smallest absolute Gasteiger partial charge is 0.231 e. The predicted molar refractivity (Wildman–Crippen MR) is 95.0 cm³/mol. The monoisotopic (exact) mass is 354 g/mol. The molecule has 3 heterocycles. The van der Waals surface area contributed by atoms with E-state index in [0.29, 0.717) is 25.3 Å². The van der Waals surface area contributed by atoms with E-state index >= 15 is 0 Å². The third-order valence-corrected chi connectivity index (χ3v) is 6.10. The number of hydrogen-bond acceptors (Lipinski definition) is 4. The second-order valence-electron chi connectivity index (χ2n) is 7.84. The van der Waals surface area contributed by atoms with Gasteiger partial charge in [0, 0.05) is 49.1 Å². The van der Waals surface area contributed by atoms with Gasteiger partial charge >= 0.3 is 0 Å². The zero-order valence-corrected chi connectivity index (χ0v) is 14.6. The number of nitrogens with zero attached hydrogens (tertiary/aromatic N) is 2. The minimum atomic E-state index is -0.116. The first-order valence-corrected chi connectivity index (χ1v) is 9.27. The summed E-state index contributed by atoms with van der Waals surface area (Å²) in [5.74, 6) is 1.89. The lowest BCUT2D eigenvalue weighted by molar-refractivity contribution is -0.134. The first kappa shape index (κ1) is 15.7. The van der Waals surface area contributed by atoms with Crippen molar-refractivity contribution in [2.75, 3.05) is 31.3 Å². The highest BCUT2D eigenvalue weighted by Gasteiger charge is 2.49. The highest BCUT2D eigenvalue weighted by molar-refractivity contribution is 5.97. The molecule has 0 radical (unpaired) electrons. The average molecular weight is 354 g/mol. The van der Waals surface area contributed by atoms with Gasteiger partial charge in [0.05, 0.1) is 0 Å². The van der Waals surface area contributed by atoms with Crippen LogP contribution >= 0.6 is 0 Å². The lowest BCUT2D eigenvalue weighted by Crippen LogP contribution is -2.36. The third kappa shape index (κ3) is 2.47. The molecule has 6 nitrogen and oxygen atoms in total. The van der Waals surface area contributed by atoms with E-state index in [1.165, 1.54) is 0 Å². The summed E-state index contributed by atoms with van der Waals surface area (Å²) < 4.78 is 10.8. The average Bonchev–Trinajstić information content (AvgIpc) is 3.42. The Balaban J connectivity index is 1.31. The van der Waals surface area contributed by atoms with Crippen molar-refractivity contribution in [2.24, 2.45) is 11.3 Å². The lowest BCUT2D eigenvalue weighted by Gasteiger charge is -2.25. The molecule has 1 aliphatic carbocycles. The van der Waals surface area contributed by atoms with Crippen molar-refractivity contribution in [3.05, 3.63) is 30.4 Å². The molecule has 1 unspecified atom stereocenters. The number of hydrogen-bond donors (Lipinski definition) is 0.